The van der Waals surface area contributed by atoms with Gasteiger partial charge in [-0.15, -0.1) is 0 Å². The van der Waals surface area contributed by atoms with Crippen molar-refractivity contribution in [2.75, 3.05) is 32.3 Å². The van der Waals surface area contributed by atoms with Gasteiger partial charge in [-0.25, -0.2) is 0 Å². The third kappa shape index (κ3) is 7.05. The van der Waals surface area contributed by atoms with Gasteiger partial charge in [-0.3, -0.25) is 4.79 Å². The second kappa shape index (κ2) is 9.89. The molecule has 0 bridgehead atoms. The minimum Gasteiger partial charge on any atom is -0.465 e. The molecule has 1 atom stereocenters. The van der Waals surface area contributed by atoms with E-state index in [1.165, 1.54) is 0 Å². The van der Waals surface area contributed by atoms with E-state index in [0.717, 1.165) is 11.5 Å². The highest BCUT2D eigenvalue weighted by molar-refractivity contribution is 7.99. The summed E-state index contributed by atoms with van der Waals surface area (Å²) in [7, 11) is 3.19. The summed E-state index contributed by atoms with van der Waals surface area (Å²) in [6.07, 6.45) is 0.396. The number of esters is 1. The first-order valence-corrected chi connectivity index (χ1v) is 6.36. The first-order valence-electron chi connectivity index (χ1n) is 5.21. The molecule has 0 saturated carbocycles. The first-order chi connectivity index (χ1) is 7.65. The maximum absolute atomic E-state index is 11.2. The molecular formula is C10H21NO4S. The minimum absolute atomic E-state index is 0.205. The van der Waals surface area contributed by atoms with Crippen molar-refractivity contribution in [1.29, 1.82) is 0 Å². The Bertz CT molecular complexity index is 188. The fraction of sp³-hybridized carbons (Fsp3) is 0.900. The molecule has 1 unspecified atom stereocenters. The molecule has 16 heavy (non-hydrogen) atoms. The summed E-state index contributed by atoms with van der Waals surface area (Å²) in [5, 5.41) is 0. The normalized spacial score (nSPS) is 12.8. The summed E-state index contributed by atoms with van der Waals surface area (Å²) in [5.74, 6) is 1.17. The molecule has 0 aromatic heterocycles. The van der Waals surface area contributed by atoms with Crippen LogP contribution in [0, 0.1) is 0 Å². The average Bonchev–Trinajstić information content (AvgIpc) is 2.29. The highest BCUT2D eigenvalue weighted by Crippen LogP contribution is 2.09. The van der Waals surface area contributed by atoms with E-state index in [-0.39, 0.29) is 12.3 Å². The van der Waals surface area contributed by atoms with Crippen molar-refractivity contribution < 1.29 is 19.0 Å². The SMILES string of the molecule is CCOC(=O)C(N)CCSCC(OC)OC. The predicted molar refractivity (Wildman–Crippen MR) is 64.4 cm³/mol. The summed E-state index contributed by atoms with van der Waals surface area (Å²) in [4.78, 5) is 11.2. The van der Waals surface area contributed by atoms with Gasteiger partial charge >= 0.3 is 5.97 Å². The van der Waals surface area contributed by atoms with Crippen LogP contribution in [0.2, 0.25) is 0 Å². The van der Waals surface area contributed by atoms with Gasteiger partial charge in [0.1, 0.15) is 6.04 Å². The quantitative estimate of drug-likeness (QED) is 0.368. The molecule has 0 aromatic carbocycles. The van der Waals surface area contributed by atoms with E-state index in [1.54, 1.807) is 32.9 Å². The Morgan fingerprint density at radius 1 is 1.38 bits per heavy atom. The van der Waals surface area contributed by atoms with Gasteiger partial charge in [0.05, 0.1) is 6.61 Å². The third-order valence-electron chi connectivity index (χ3n) is 1.94. The smallest absolute Gasteiger partial charge is 0.322 e. The maximum Gasteiger partial charge on any atom is 0.322 e. The Morgan fingerprint density at radius 3 is 2.50 bits per heavy atom. The number of carbonyl (C=O) groups excluding carboxylic acids is 1. The fourth-order valence-corrected chi connectivity index (χ4v) is 2.04. The first kappa shape index (κ1) is 15.7. The molecule has 0 aliphatic carbocycles. The van der Waals surface area contributed by atoms with Gasteiger partial charge in [-0.05, 0) is 19.1 Å². The summed E-state index contributed by atoms with van der Waals surface area (Å²) >= 11 is 1.64. The molecule has 6 heteroatoms. The van der Waals surface area contributed by atoms with E-state index in [1.807, 2.05) is 0 Å². The van der Waals surface area contributed by atoms with E-state index in [0.29, 0.717) is 13.0 Å². The number of ether oxygens (including phenoxy) is 3. The van der Waals surface area contributed by atoms with Crippen LogP contribution in [0.15, 0.2) is 0 Å². The lowest BCUT2D eigenvalue weighted by molar-refractivity contribution is -0.144. The molecule has 2 N–H and O–H groups in total. The molecular weight excluding hydrogens is 230 g/mol. The largest absolute Gasteiger partial charge is 0.465 e. The van der Waals surface area contributed by atoms with Gasteiger partial charge in [0.2, 0.25) is 0 Å². The lowest BCUT2D eigenvalue weighted by atomic mass is 10.2. The Morgan fingerprint density at radius 2 is 2.00 bits per heavy atom. The van der Waals surface area contributed by atoms with Crippen LogP contribution in [-0.2, 0) is 19.0 Å². The molecule has 5 nitrogen and oxygen atoms in total. The molecule has 0 fully saturated rings. The molecule has 0 heterocycles. The average molecular weight is 251 g/mol. The van der Waals surface area contributed by atoms with Gasteiger partial charge in [0.15, 0.2) is 6.29 Å². The number of hydrogen-bond acceptors (Lipinski definition) is 6. The fourth-order valence-electron chi connectivity index (χ4n) is 0.989. The van der Waals surface area contributed by atoms with Crippen molar-refractivity contribution in [2.24, 2.45) is 5.73 Å². The van der Waals surface area contributed by atoms with Crippen LogP contribution in [0.3, 0.4) is 0 Å². The molecule has 96 valence electrons. The minimum atomic E-state index is -0.531. The zero-order valence-corrected chi connectivity index (χ0v) is 10.9. The third-order valence-corrected chi connectivity index (χ3v) is 2.97. The Labute approximate surface area is 101 Å². The van der Waals surface area contributed by atoms with Crippen molar-refractivity contribution >= 4 is 17.7 Å². The van der Waals surface area contributed by atoms with Gasteiger partial charge in [0, 0.05) is 20.0 Å². The van der Waals surface area contributed by atoms with Crippen molar-refractivity contribution in [3.05, 3.63) is 0 Å². The van der Waals surface area contributed by atoms with Crippen LogP contribution in [0.5, 0.6) is 0 Å². The highest BCUT2D eigenvalue weighted by Gasteiger charge is 2.14. The van der Waals surface area contributed by atoms with E-state index in [4.69, 9.17) is 19.9 Å². The molecule has 0 rings (SSSR count). The van der Waals surface area contributed by atoms with Gasteiger partial charge in [-0.1, -0.05) is 0 Å². The Balaban J connectivity index is 3.54. The zero-order chi connectivity index (χ0) is 12.4. The highest BCUT2D eigenvalue weighted by atomic mass is 32.2. The second-order valence-electron chi connectivity index (χ2n) is 3.12. The zero-order valence-electron chi connectivity index (χ0n) is 10.1. The Kier molecular flexibility index (Phi) is 9.71. The number of hydrogen-bond donors (Lipinski definition) is 1. The van der Waals surface area contributed by atoms with Crippen LogP contribution >= 0.6 is 11.8 Å². The Hall–Kier alpha value is -0.300. The lowest BCUT2D eigenvalue weighted by Crippen LogP contribution is -2.33. The second-order valence-corrected chi connectivity index (χ2v) is 4.27. The van der Waals surface area contributed by atoms with Crippen molar-refractivity contribution in [3.63, 3.8) is 0 Å². The molecule has 0 aliphatic rings. The van der Waals surface area contributed by atoms with E-state index < -0.39 is 6.04 Å². The molecule has 0 aliphatic heterocycles. The lowest BCUT2D eigenvalue weighted by Gasteiger charge is -2.13. The molecule has 0 amide bonds. The standard InChI is InChI=1S/C10H21NO4S/c1-4-15-10(12)8(11)5-6-16-7-9(13-2)14-3/h8-9H,4-7,11H2,1-3H3. The van der Waals surface area contributed by atoms with Crippen LogP contribution in [0.4, 0.5) is 0 Å². The molecule has 0 aromatic rings. The number of carbonyl (C=O) groups is 1. The van der Waals surface area contributed by atoms with Gasteiger partial charge in [-0.2, -0.15) is 11.8 Å². The molecule has 0 spiro atoms. The number of nitrogens with two attached hydrogens (primary N) is 1. The van der Waals surface area contributed by atoms with Crippen LogP contribution in [0.1, 0.15) is 13.3 Å². The van der Waals surface area contributed by atoms with Crippen LogP contribution in [0.25, 0.3) is 0 Å². The summed E-state index contributed by atoms with van der Waals surface area (Å²) in [6, 6.07) is -0.531. The number of methoxy groups -OCH3 is 2. The van der Waals surface area contributed by atoms with Gasteiger partial charge in [0.25, 0.3) is 0 Å². The summed E-state index contributed by atoms with van der Waals surface area (Å²) in [5.41, 5.74) is 5.63. The number of rotatable bonds is 9. The van der Waals surface area contributed by atoms with E-state index in [2.05, 4.69) is 0 Å². The van der Waals surface area contributed by atoms with Crippen LogP contribution in [-0.4, -0.2) is 50.6 Å². The van der Waals surface area contributed by atoms with Crippen molar-refractivity contribution in [2.45, 2.75) is 25.7 Å². The summed E-state index contributed by atoms with van der Waals surface area (Å²) < 4.78 is 14.9. The van der Waals surface area contributed by atoms with Gasteiger partial charge < -0.3 is 19.9 Å². The predicted octanol–water partition coefficient (Wildman–Crippen LogP) is 0.619. The molecule has 0 saturated heterocycles. The summed E-state index contributed by atoms with van der Waals surface area (Å²) in [6.45, 7) is 2.14. The molecule has 0 radical (unpaired) electrons. The van der Waals surface area contributed by atoms with Crippen molar-refractivity contribution in [3.8, 4) is 0 Å². The number of thioether (sulfide) groups is 1. The van der Waals surface area contributed by atoms with E-state index in [9.17, 15) is 4.79 Å². The van der Waals surface area contributed by atoms with E-state index >= 15 is 0 Å². The van der Waals surface area contributed by atoms with Crippen LogP contribution < -0.4 is 5.73 Å². The van der Waals surface area contributed by atoms with Crippen molar-refractivity contribution in [1.82, 2.24) is 0 Å². The maximum atomic E-state index is 11.2. The topological polar surface area (TPSA) is 70.8 Å². The monoisotopic (exact) mass is 251 g/mol.